The van der Waals surface area contributed by atoms with Crippen molar-refractivity contribution in [2.24, 2.45) is 5.92 Å². The van der Waals surface area contributed by atoms with E-state index in [1.165, 1.54) is 18.2 Å². The molecule has 0 aromatic heterocycles. The first kappa shape index (κ1) is 18.6. The first-order chi connectivity index (χ1) is 13.4. The van der Waals surface area contributed by atoms with Gasteiger partial charge in [0, 0.05) is 30.5 Å². The molecule has 2 aromatic rings. The van der Waals surface area contributed by atoms with Crippen molar-refractivity contribution in [3.8, 4) is 0 Å². The fourth-order valence-electron chi connectivity index (χ4n) is 4.38. The lowest BCUT2D eigenvalue weighted by atomic mass is 9.73. The van der Waals surface area contributed by atoms with Crippen molar-refractivity contribution in [1.29, 1.82) is 0 Å². The SMILES string of the molecule is O=C([C@@H]1C[C@@H]1c1c(F)cccc1F)N1CCC(C(=O)O)(c2ccccc2)CC1. The third-order valence-electron chi connectivity index (χ3n) is 6.14. The molecular weight excluding hydrogens is 364 g/mol. The Kier molecular flexibility index (Phi) is 4.65. The summed E-state index contributed by atoms with van der Waals surface area (Å²) in [6.45, 7) is 0.645. The van der Waals surface area contributed by atoms with Crippen LogP contribution >= 0.6 is 0 Å². The lowest BCUT2D eigenvalue weighted by Crippen LogP contribution is -2.49. The molecule has 1 amide bonds. The number of carboxylic acids is 1. The number of carbonyl (C=O) groups is 2. The van der Waals surface area contributed by atoms with Crippen LogP contribution in [0.5, 0.6) is 0 Å². The van der Waals surface area contributed by atoms with Gasteiger partial charge in [-0.1, -0.05) is 36.4 Å². The van der Waals surface area contributed by atoms with Crippen LogP contribution in [-0.4, -0.2) is 35.0 Å². The summed E-state index contributed by atoms with van der Waals surface area (Å²) in [4.78, 5) is 26.5. The number of amides is 1. The zero-order valence-electron chi connectivity index (χ0n) is 15.3. The zero-order valence-corrected chi connectivity index (χ0v) is 15.3. The van der Waals surface area contributed by atoms with Gasteiger partial charge in [-0.15, -0.1) is 0 Å². The number of halogens is 2. The van der Waals surface area contributed by atoms with E-state index in [2.05, 4.69) is 0 Å². The number of hydrogen-bond donors (Lipinski definition) is 1. The Bertz CT molecular complexity index is 887. The number of carbonyl (C=O) groups excluding carboxylic acids is 1. The Morgan fingerprint density at radius 1 is 0.964 bits per heavy atom. The maximum Gasteiger partial charge on any atom is 0.314 e. The quantitative estimate of drug-likeness (QED) is 0.873. The molecule has 4 rings (SSSR count). The molecule has 1 N–H and O–H groups in total. The fourth-order valence-corrected chi connectivity index (χ4v) is 4.38. The molecule has 1 saturated carbocycles. The van der Waals surface area contributed by atoms with Crippen molar-refractivity contribution in [3.63, 3.8) is 0 Å². The van der Waals surface area contributed by atoms with Crippen LogP contribution in [-0.2, 0) is 15.0 Å². The third-order valence-corrected chi connectivity index (χ3v) is 6.14. The molecular formula is C22H21F2NO3. The molecule has 1 heterocycles. The molecule has 1 saturated heterocycles. The first-order valence-electron chi connectivity index (χ1n) is 9.45. The minimum absolute atomic E-state index is 0.0120. The molecule has 2 aromatic carbocycles. The van der Waals surface area contributed by atoms with Crippen molar-refractivity contribution >= 4 is 11.9 Å². The van der Waals surface area contributed by atoms with Crippen LogP contribution in [0.15, 0.2) is 48.5 Å². The zero-order chi connectivity index (χ0) is 19.9. The van der Waals surface area contributed by atoms with Crippen LogP contribution in [0, 0.1) is 17.6 Å². The van der Waals surface area contributed by atoms with Crippen molar-refractivity contribution < 1.29 is 23.5 Å². The van der Waals surface area contributed by atoms with Gasteiger partial charge >= 0.3 is 5.97 Å². The average Bonchev–Trinajstić information content (AvgIpc) is 3.48. The second-order valence-corrected chi connectivity index (χ2v) is 7.66. The summed E-state index contributed by atoms with van der Waals surface area (Å²) in [5.41, 5.74) is -0.270. The summed E-state index contributed by atoms with van der Waals surface area (Å²) in [5, 5.41) is 9.85. The highest BCUT2D eigenvalue weighted by atomic mass is 19.1. The topological polar surface area (TPSA) is 57.6 Å². The lowest BCUT2D eigenvalue weighted by molar-refractivity contribution is -0.148. The van der Waals surface area contributed by atoms with Crippen molar-refractivity contribution in [3.05, 3.63) is 71.3 Å². The monoisotopic (exact) mass is 385 g/mol. The van der Waals surface area contributed by atoms with Crippen molar-refractivity contribution in [2.75, 3.05) is 13.1 Å². The molecule has 28 heavy (non-hydrogen) atoms. The number of carboxylic acid groups (broad SMARTS) is 1. The smallest absolute Gasteiger partial charge is 0.314 e. The number of rotatable bonds is 4. The van der Waals surface area contributed by atoms with E-state index < -0.39 is 34.9 Å². The fraction of sp³-hybridized carbons (Fsp3) is 0.364. The van der Waals surface area contributed by atoms with Gasteiger partial charge in [0.15, 0.2) is 0 Å². The van der Waals surface area contributed by atoms with Gasteiger partial charge in [-0.05, 0) is 37.0 Å². The minimum atomic E-state index is -1.00. The molecule has 6 heteroatoms. The molecule has 146 valence electrons. The number of nitrogens with zero attached hydrogens (tertiary/aromatic N) is 1. The first-order valence-corrected chi connectivity index (χ1v) is 9.45. The maximum absolute atomic E-state index is 14.0. The Labute approximate surface area is 161 Å². The molecule has 2 fully saturated rings. The molecule has 4 nitrogen and oxygen atoms in total. The summed E-state index contributed by atoms with van der Waals surface area (Å²) in [6, 6.07) is 12.8. The second kappa shape index (κ2) is 7.00. The summed E-state index contributed by atoms with van der Waals surface area (Å²) >= 11 is 0. The van der Waals surface area contributed by atoms with Crippen LogP contribution in [0.3, 0.4) is 0 Å². The van der Waals surface area contributed by atoms with Gasteiger partial charge in [0.05, 0.1) is 5.41 Å². The highest BCUT2D eigenvalue weighted by molar-refractivity contribution is 5.85. The Morgan fingerprint density at radius 3 is 2.14 bits per heavy atom. The van der Waals surface area contributed by atoms with E-state index in [9.17, 15) is 23.5 Å². The number of aliphatic carboxylic acids is 1. The average molecular weight is 385 g/mol. The minimum Gasteiger partial charge on any atom is -0.481 e. The molecule has 1 aliphatic heterocycles. The second-order valence-electron chi connectivity index (χ2n) is 7.66. The van der Waals surface area contributed by atoms with Gasteiger partial charge < -0.3 is 10.0 Å². The predicted octanol–water partition coefficient (Wildman–Crippen LogP) is 3.71. The van der Waals surface area contributed by atoms with Crippen LogP contribution in [0.1, 0.15) is 36.3 Å². The van der Waals surface area contributed by atoms with Crippen molar-refractivity contribution in [1.82, 2.24) is 4.90 Å². The molecule has 0 spiro atoms. The van der Waals surface area contributed by atoms with Gasteiger partial charge in [-0.3, -0.25) is 9.59 Å². The molecule has 2 aliphatic rings. The number of likely N-dealkylation sites (tertiary alicyclic amines) is 1. The van der Waals surface area contributed by atoms with E-state index in [1.54, 1.807) is 4.90 Å². The van der Waals surface area contributed by atoms with Crippen LogP contribution in [0.2, 0.25) is 0 Å². The summed E-state index contributed by atoms with van der Waals surface area (Å²) in [5.74, 6) is -3.13. The van der Waals surface area contributed by atoms with Gasteiger partial charge in [0.2, 0.25) is 5.91 Å². The van der Waals surface area contributed by atoms with Crippen LogP contribution in [0.25, 0.3) is 0 Å². The van der Waals surface area contributed by atoms with Crippen LogP contribution in [0.4, 0.5) is 8.78 Å². The largest absolute Gasteiger partial charge is 0.481 e. The van der Waals surface area contributed by atoms with Crippen molar-refractivity contribution in [2.45, 2.75) is 30.6 Å². The predicted molar refractivity (Wildman–Crippen MR) is 98.8 cm³/mol. The molecule has 0 radical (unpaired) electrons. The molecule has 0 bridgehead atoms. The number of hydrogen-bond acceptors (Lipinski definition) is 2. The molecule has 0 unspecified atom stereocenters. The van der Waals surface area contributed by atoms with Gasteiger partial charge in [0.25, 0.3) is 0 Å². The van der Waals surface area contributed by atoms with E-state index >= 15 is 0 Å². The summed E-state index contributed by atoms with van der Waals surface area (Å²) in [6.07, 6.45) is 1.07. The van der Waals surface area contributed by atoms with Crippen LogP contribution < -0.4 is 0 Å². The number of benzene rings is 2. The van der Waals surface area contributed by atoms with E-state index in [0.717, 1.165) is 5.56 Å². The number of piperidine rings is 1. The van der Waals surface area contributed by atoms with Gasteiger partial charge in [-0.2, -0.15) is 0 Å². The van der Waals surface area contributed by atoms with E-state index in [0.29, 0.717) is 32.4 Å². The molecule has 2 atom stereocenters. The summed E-state index contributed by atoms with van der Waals surface area (Å²) in [7, 11) is 0. The van der Waals surface area contributed by atoms with E-state index in [4.69, 9.17) is 0 Å². The molecule has 1 aliphatic carbocycles. The Hall–Kier alpha value is -2.76. The van der Waals surface area contributed by atoms with Gasteiger partial charge in [-0.25, -0.2) is 8.78 Å². The highest BCUT2D eigenvalue weighted by Crippen LogP contribution is 2.50. The van der Waals surface area contributed by atoms with Gasteiger partial charge in [0.1, 0.15) is 11.6 Å². The van der Waals surface area contributed by atoms with E-state index in [1.807, 2.05) is 30.3 Å². The lowest BCUT2D eigenvalue weighted by Gasteiger charge is -2.39. The maximum atomic E-state index is 14.0. The standard InChI is InChI=1S/C22H21F2NO3/c23-17-7-4-8-18(24)19(17)15-13-16(15)20(26)25-11-9-22(10-12-25,21(27)28)14-5-2-1-3-6-14/h1-8,15-16H,9-13H2,(H,27,28)/t15-,16+/m0/s1. The third kappa shape index (κ3) is 3.07. The summed E-state index contributed by atoms with van der Waals surface area (Å²) < 4.78 is 27.9. The normalized spacial score (nSPS) is 23.3. The highest BCUT2D eigenvalue weighted by Gasteiger charge is 2.50. The van der Waals surface area contributed by atoms with E-state index in [-0.39, 0.29) is 11.5 Å². The Morgan fingerprint density at radius 2 is 1.57 bits per heavy atom. The Balaban J connectivity index is 1.46.